The molecule has 194 valence electrons. The van der Waals surface area contributed by atoms with Crippen molar-refractivity contribution in [3.05, 3.63) is 104 Å². The Morgan fingerprint density at radius 2 is 1.54 bits per heavy atom. The summed E-state index contributed by atoms with van der Waals surface area (Å²) in [6, 6.07) is 19.8. The molecule has 3 aromatic rings. The van der Waals surface area contributed by atoms with Crippen molar-refractivity contribution in [1.29, 1.82) is 0 Å². The van der Waals surface area contributed by atoms with Gasteiger partial charge in [0.05, 0.1) is 5.54 Å². The Kier molecular flexibility index (Phi) is 8.20. The zero-order valence-corrected chi connectivity index (χ0v) is 25.6. The van der Waals surface area contributed by atoms with Gasteiger partial charge in [-0.2, -0.15) is 0 Å². The van der Waals surface area contributed by atoms with Crippen LogP contribution in [0.2, 0.25) is 0 Å². The van der Waals surface area contributed by atoms with Crippen LogP contribution in [0.5, 0.6) is 0 Å². The Morgan fingerprint density at radius 1 is 0.946 bits per heavy atom. The minimum atomic E-state index is -0.186. The number of nitrogens with zero attached hydrogens (tertiary/aromatic N) is 3. The van der Waals surface area contributed by atoms with E-state index in [2.05, 4.69) is 145 Å². The Bertz CT molecular complexity index is 1350. The van der Waals surface area contributed by atoms with E-state index in [-0.39, 0.29) is 11.5 Å². The second kappa shape index (κ2) is 11.0. The van der Waals surface area contributed by atoms with Gasteiger partial charge in [0.25, 0.3) is 0 Å². The monoisotopic (exact) mass is 623 g/mol. The number of ether oxygens (including phenoxy) is 1. The van der Waals surface area contributed by atoms with Gasteiger partial charge in [0, 0.05) is 59.5 Å². The topological polar surface area (TPSA) is 28.1 Å². The third-order valence-electron chi connectivity index (χ3n) is 6.74. The zero-order chi connectivity index (χ0) is 26.9. The first-order valence-corrected chi connectivity index (χ1v) is 14.0. The van der Waals surface area contributed by atoms with Gasteiger partial charge in [-0.1, -0.05) is 56.1 Å². The molecule has 1 unspecified atom stereocenters. The van der Waals surface area contributed by atoms with Crippen LogP contribution in [0.1, 0.15) is 47.6 Å². The first-order valence-electron chi connectivity index (χ1n) is 12.4. The molecule has 0 aliphatic carbocycles. The van der Waals surface area contributed by atoms with E-state index in [4.69, 9.17) is 9.73 Å². The molecule has 4 rings (SSSR count). The molecule has 0 bridgehead atoms. The number of likely N-dealkylation sites (N-methyl/N-ethyl adjacent to an activating group) is 1. The molecule has 0 spiro atoms. The van der Waals surface area contributed by atoms with Crippen LogP contribution in [0.4, 0.5) is 11.4 Å². The third kappa shape index (κ3) is 5.96. The Labute approximate surface area is 238 Å². The van der Waals surface area contributed by atoms with Crippen molar-refractivity contribution >= 4 is 49.1 Å². The number of aliphatic imine (C=N–C) groups is 1. The lowest BCUT2D eigenvalue weighted by atomic mass is 9.82. The molecule has 0 radical (unpaired) electrons. The van der Waals surface area contributed by atoms with Crippen molar-refractivity contribution in [2.75, 3.05) is 44.1 Å². The van der Waals surface area contributed by atoms with Crippen LogP contribution in [0.25, 0.3) is 0 Å². The first kappa shape index (κ1) is 27.5. The highest BCUT2D eigenvalue weighted by Gasteiger charge is 2.28. The average molecular weight is 625 g/mol. The molecule has 0 amide bonds. The molecule has 37 heavy (non-hydrogen) atoms. The lowest BCUT2D eigenvalue weighted by Crippen LogP contribution is -2.17. The van der Waals surface area contributed by atoms with Gasteiger partial charge in [-0.05, 0) is 79.4 Å². The van der Waals surface area contributed by atoms with Crippen LogP contribution >= 0.6 is 31.9 Å². The summed E-state index contributed by atoms with van der Waals surface area (Å²) in [5.41, 5.74) is 7.99. The molecule has 0 saturated carbocycles. The Balaban J connectivity index is 1.84. The highest BCUT2D eigenvalue weighted by Crippen LogP contribution is 2.42. The summed E-state index contributed by atoms with van der Waals surface area (Å²) in [7, 11) is 6.20. The standard InChI is InChI=1S/C31H35Br2N3O/c1-8-15-36(7)23-11-14-26(28(33)18-23)29(25-13-10-22(35(5)6)17-27(25)32)24-12-9-21(16-20(24)2)30-34-31(3,4)19-37-30/h8-14,16-18,29H,1,15,19H2,2-7H3. The van der Waals surface area contributed by atoms with E-state index >= 15 is 0 Å². The summed E-state index contributed by atoms with van der Waals surface area (Å²) >= 11 is 7.81. The molecule has 0 aromatic heterocycles. The summed E-state index contributed by atoms with van der Waals surface area (Å²) in [4.78, 5) is 9.08. The van der Waals surface area contributed by atoms with Crippen molar-refractivity contribution in [3.63, 3.8) is 0 Å². The number of hydrogen-bond donors (Lipinski definition) is 0. The summed E-state index contributed by atoms with van der Waals surface area (Å²) in [6.07, 6.45) is 1.92. The average Bonchev–Trinajstić information content (AvgIpc) is 3.21. The predicted octanol–water partition coefficient (Wildman–Crippen LogP) is 7.94. The number of anilines is 2. The summed E-state index contributed by atoms with van der Waals surface area (Å²) in [5, 5.41) is 0. The number of aryl methyl sites for hydroxylation is 1. The molecule has 4 nitrogen and oxygen atoms in total. The van der Waals surface area contributed by atoms with E-state index in [1.165, 1.54) is 22.3 Å². The van der Waals surface area contributed by atoms with E-state index in [0.29, 0.717) is 6.61 Å². The highest BCUT2D eigenvalue weighted by atomic mass is 79.9. The number of benzene rings is 3. The smallest absolute Gasteiger partial charge is 0.216 e. The normalized spacial score (nSPS) is 15.1. The maximum absolute atomic E-state index is 5.93. The fourth-order valence-corrected chi connectivity index (χ4v) is 5.87. The summed E-state index contributed by atoms with van der Waals surface area (Å²) in [5.74, 6) is 0.749. The van der Waals surface area contributed by atoms with Gasteiger partial charge < -0.3 is 14.5 Å². The van der Waals surface area contributed by atoms with Crippen molar-refractivity contribution in [3.8, 4) is 0 Å². The van der Waals surface area contributed by atoms with Crippen LogP contribution in [0, 0.1) is 6.92 Å². The van der Waals surface area contributed by atoms with Crippen LogP contribution in [-0.2, 0) is 4.74 Å². The molecule has 1 aliphatic heterocycles. The maximum Gasteiger partial charge on any atom is 0.216 e. The van der Waals surface area contributed by atoms with Gasteiger partial charge in [0.2, 0.25) is 5.90 Å². The van der Waals surface area contributed by atoms with Gasteiger partial charge in [-0.25, -0.2) is 4.99 Å². The highest BCUT2D eigenvalue weighted by molar-refractivity contribution is 9.10. The lowest BCUT2D eigenvalue weighted by molar-refractivity contribution is 0.279. The summed E-state index contributed by atoms with van der Waals surface area (Å²) < 4.78 is 8.08. The van der Waals surface area contributed by atoms with E-state index in [9.17, 15) is 0 Å². The second-order valence-electron chi connectivity index (χ2n) is 10.5. The van der Waals surface area contributed by atoms with Gasteiger partial charge in [0.15, 0.2) is 0 Å². The van der Waals surface area contributed by atoms with Gasteiger partial charge in [-0.3, -0.25) is 0 Å². The summed E-state index contributed by atoms with van der Waals surface area (Å²) in [6.45, 7) is 11.6. The Morgan fingerprint density at radius 3 is 2.05 bits per heavy atom. The third-order valence-corrected chi connectivity index (χ3v) is 8.12. The van der Waals surface area contributed by atoms with Crippen LogP contribution < -0.4 is 9.80 Å². The zero-order valence-electron chi connectivity index (χ0n) is 22.5. The van der Waals surface area contributed by atoms with Gasteiger partial charge in [0.1, 0.15) is 6.61 Å². The Hall–Kier alpha value is -2.57. The molecule has 0 fully saturated rings. The van der Waals surface area contributed by atoms with Gasteiger partial charge >= 0.3 is 0 Å². The largest absolute Gasteiger partial charge is 0.475 e. The fraction of sp³-hybridized carbons (Fsp3) is 0.323. The molecule has 3 aromatic carbocycles. The van der Waals surface area contributed by atoms with E-state index in [0.717, 1.165) is 38.3 Å². The predicted molar refractivity (Wildman–Crippen MR) is 165 cm³/mol. The van der Waals surface area contributed by atoms with Crippen molar-refractivity contribution < 1.29 is 4.74 Å². The SMILES string of the molecule is C=CCN(C)c1ccc(C(c2ccc(C3=NC(C)(C)CO3)cc2C)c2ccc(N(C)C)cc2Br)c(Br)c1. The van der Waals surface area contributed by atoms with Crippen LogP contribution in [0.15, 0.2) is 81.2 Å². The van der Waals surface area contributed by atoms with Crippen LogP contribution in [0.3, 0.4) is 0 Å². The van der Waals surface area contributed by atoms with E-state index < -0.39 is 0 Å². The number of halogens is 2. The first-order chi connectivity index (χ1) is 17.5. The van der Waals surface area contributed by atoms with Gasteiger partial charge in [-0.15, -0.1) is 6.58 Å². The van der Waals surface area contributed by atoms with Crippen LogP contribution in [-0.4, -0.2) is 45.7 Å². The van der Waals surface area contributed by atoms with Crippen molar-refractivity contribution in [2.45, 2.75) is 32.2 Å². The molecule has 1 aliphatic rings. The molecule has 0 N–H and O–H groups in total. The minimum absolute atomic E-state index is 0.0237. The van der Waals surface area contributed by atoms with Crippen molar-refractivity contribution in [2.24, 2.45) is 4.99 Å². The molecule has 6 heteroatoms. The minimum Gasteiger partial charge on any atom is -0.475 e. The molecular formula is C31H35Br2N3O. The second-order valence-corrected chi connectivity index (χ2v) is 12.2. The quantitative estimate of drug-likeness (QED) is 0.188. The molecule has 0 saturated heterocycles. The number of hydrogen-bond acceptors (Lipinski definition) is 4. The molecular weight excluding hydrogens is 590 g/mol. The maximum atomic E-state index is 5.93. The molecule has 1 heterocycles. The van der Waals surface area contributed by atoms with E-state index in [1.54, 1.807) is 0 Å². The fourth-order valence-electron chi connectivity index (χ4n) is 4.68. The van der Waals surface area contributed by atoms with Crippen molar-refractivity contribution in [1.82, 2.24) is 0 Å². The van der Waals surface area contributed by atoms with E-state index in [1.807, 2.05) is 6.08 Å². The lowest BCUT2D eigenvalue weighted by Gasteiger charge is -2.26. The molecule has 1 atom stereocenters. The number of rotatable bonds is 8.